The number of hydrogen-bond donors (Lipinski definition) is 1. The lowest BCUT2D eigenvalue weighted by molar-refractivity contribution is 0.485. The van der Waals surface area contributed by atoms with Gasteiger partial charge in [-0.3, -0.25) is 0 Å². The molecule has 1 aromatic carbocycles. The molecule has 1 unspecified atom stereocenters. The molecular weight excluding hydrogens is 184 g/mol. The van der Waals surface area contributed by atoms with Gasteiger partial charge in [-0.1, -0.05) is 25.1 Å². The first-order valence-electron chi connectivity index (χ1n) is 5.86. The Kier molecular flexibility index (Phi) is 3.27. The summed E-state index contributed by atoms with van der Waals surface area (Å²) in [5.41, 5.74) is 2.84. The van der Waals surface area contributed by atoms with Crippen LogP contribution in [0.2, 0.25) is 0 Å². The predicted octanol–water partition coefficient (Wildman–Crippen LogP) is 2.57. The molecule has 82 valence electrons. The van der Waals surface area contributed by atoms with E-state index >= 15 is 0 Å². The molecule has 0 saturated carbocycles. The van der Waals surface area contributed by atoms with Crippen molar-refractivity contribution in [3.63, 3.8) is 0 Å². The molecule has 1 aliphatic rings. The van der Waals surface area contributed by atoms with Gasteiger partial charge in [-0.25, -0.2) is 0 Å². The van der Waals surface area contributed by atoms with Crippen molar-refractivity contribution < 1.29 is 0 Å². The molecule has 0 aliphatic carbocycles. The van der Waals surface area contributed by atoms with Gasteiger partial charge in [0, 0.05) is 25.3 Å². The van der Waals surface area contributed by atoms with Crippen molar-refractivity contribution in [2.45, 2.75) is 25.8 Å². The highest BCUT2D eigenvalue weighted by Crippen LogP contribution is 2.32. The van der Waals surface area contributed by atoms with Crippen molar-refractivity contribution in [2.24, 2.45) is 0 Å². The first kappa shape index (κ1) is 10.5. The number of rotatable bonds is 3. The average molecular weight is 204 g/mol. The smallest absolute Gasteiger partial charge is 0.0412 e. The maximum absolute atomic E-state index is 3.62. The van der Waals surface area contributed by atoms with Crippen molar-refractivity contribution in [1.82, 2.24) is 5.32 Å². The van der Waals surface area contributed by atoms with E-state index in [1.807, 2.05) is 0 Å². The minimum atomic E-state index is 0.553. The molecule has 2 rings (SSSR count). The first-order chi connectivity index (χ1) is 7.33. The molecule has 0 radical (unpaired) electrons. The van der Waals surface area contributed by atoms with Gasteiger partial charge in [0.15, 0.2) is 0 Å². The van der Waals surface area contributed by atoms with E-state index in [2.05, 4.69) is 48.5 Å². The van der Waals surface area contributed by atoms with Gasteiger partial charge in [-0.2, -0.15) is 0 Å². The van der Waals surface area contributed by atoms with Crippen LogP contribution in [0.4, 0.5) is 5.69 Å². The number of nitrogens with one attached hydrogen (secondary N) is 1. The Morgan fingerprint density at radius 1 is 1.40 bits per heavy atom. The van der Waals surface area contributed by atoms with Gasteiger partial charge in [0.1, 0.15) is 0 Å². The van der Waals surface area contributed by atoms with Crippen LogP contribution >= 0.6 is 0 Å². The summed E-state index contributed by atoms with van der Waals surface area (Å²) in [4.78, 5) is 2.35. The summed E-state index contributed by atoms with van der Waals surface area (Å²) in [6.45, 7) is 4.48. The van der Waals surface area contributed by atoms with E-state index in [0.29, 0.717) is 6.04 Å². The zero-order valence-corrected chi connectivity index (χ0v) is 9.66. The minimum absolute atomic E-state index is 0.553. The van der Waals surface area contributed by atoms with E-state index < -0.39 is 0 Å². The molecule has 0 saturated heterocycles. The Hall–Kier alpha value is -1.02. The topological polar surface area (TPSA) is 15.3 Å². The summed E-state index contributed by atoms with van der Waals surface area (Å²) in [6, 6.07) is 9.28. The highest BCUT2D eigenvalue weighted by molar-refractivity contribution is 5.56. The predicted molar refractivity (Wildman–Crippen MR) is 65.4 cm³/mol. The van der Waals surface area contributed by atoms with Crippen LogP contribution in [0, 0.1) is 0 Å². The molecule has 15 heavy (non-hydrogen) atoms. The van der Waals surface area contributed by atoms with E-state index in [1.54, 1.807) is 0 Å². The summed E-state index contributed by atoms with van der Waals surface area (Å²) in [5, 5.41) is 3.62. The van der Waals surface area contributed by atoms with Crippen molar-refractivity contribution in [1.29, 1.82) is 0 Å². The van der Waals surface area contributed by atoms with Crippen molar-refractivity contribution in [3.8, 4) is 0 Å². The van der Waals surface area contributed by atoms with Gasteiger partial charge in [0.25, 0.3) is 0 Å². The Morgan fingerprint density at radius 3 is 3.00 bits per heavy atom. The maximum atomic E-state index is 3.62. The fraction of sp³-hybridized carbons (Fsp3) is 0.538. The maximum Gasteiger partial charge on any atom is 0.0412 e. The highest BCUT2D eigenvalue weighted by Gasteiger charge is 2.21. The standard InChI is InChI=1S/C13H20N2/c1-3-9-14-12-8-10-15(2)13-7-5-4-6-11(12)13/h4-7,12,14H,3,8-10H2,1-2H3. The quantitative estimate of drug-likeness (QED) is 0.814. The van der Waals surface area contributed by atoms with Crippen molar-refractivity contribution in [3.05, 3.63) is 29.8 Å². The largest absolute Gasteiger partial charge is 0.374 e. The van der Waals surface area contributed by atoms with Gasteiger partial charge in [-0.15, -0.1) is 0 Å². The normalized spacial score (nSPS) is 20.1. The zero-order chi connectivity index (χ0) is 10.7. The Bertz CT molecular complexity index is 322. The van der Waals surface area contributed by atoms with Crippen LogP contribution in [0.1, 0.15) is 31.4 Å². The molecule has 0 bridgehead atoms. The van der Waals surface area contributed by atoms with Gasteiger partial charge < -0.3 is 10.2 Å². The lowest BCUT2D eigenvalue weighted by Crippen LogP contribution is -2.33. The minimum Gasteiger partial charge on any atom is -0.374 e. The molecule has 1 aromatic rings. The molecule has 0 fully saturated rings. The fourth-order valence-corrected chi connectivity index (χ4v) is 2.26. The van der Waals surface area contributed by atoms with E-state index in [0.717, 1.165) is 13.1 Å². The molecule has 0 aromatic heterocycles. The summed E-state index contributed by atoms with van der Waals surface area (Å²) in [5.74, 6) is 0. The highest BCUT2D eigenvalue weighted by atomic mass is 15.1. The molecule has 1 N–H and O–H groups in total. The number of anilines is 1. The lowest BCUT2D eigenvalue weighted by Gasteiger charge is -2.33. The summed E-state index contributed by atoms with van der Waals surface area (Å²) >= 11 is 0. The average Bonchev–Trinajstić information content (AvgIpc) is 2.29. The second-order valence-electron chi connectivity index (χ2n) is 4.28. The van der Waals surface area contributed by atoms with Crippen molar-refractivity contribution in [2.75, 3.05) is 25.0 Å². The van der Waals surface area contributed by atoms with Crippen LogP contribution in [0.25, 0.3) is 0 Å². The molecule has 1 heterocycles. The zero-order valence-electron chi connectivity index (χ0n) is 9.66. The number of fused-ring (bicyclic) bond motifs is 1. The van der Waals surface area contributed by atoms with Gasteiger partial charge in [0.05, 0.1) is 0 Å². The third-order valence-corrected chi connectivity index (χ3v) is 3.12. The van der Waals surface area contributed by atoms with Crippen LogP contribution in [-0.4, -0.2) is 20.1 Å². The molecule has 1 aliphatic heterocycles. The Labute approximate surface area is 92.3 Å². The number of benzene rings is 1. The second-order valence-corrected chi connectivity index (χ2v) is 4.28. The lowest BCUT2D eigenvalue weighted by atomic mass is 9.97. The third kappa shape index (κ3) is 2.15. The summed E-state index contributed by atoms with van der Waals surface area (Å²) in [6.07, 6.45) is 2.42. The SMILES string of the molecule is CCCNC1CCN(C)c2ccccc21. The second kappa shape index (κ2) is 4.67. The van der Waals surface area contributed by atoms with E-state index in [-0.39, 0.29) is 0 Å². The number of nitrogens with zero attached hydrogens (tertiary/aromatic N) is 1. The summed E-state index contributed by atoms with van der Waals surface area (Å²) in [7, 11) is 2.18. The summed E-state index contributed by atoms with van der Waals surface area (Å²) < 4.78 is 0. The number of hydrogen-bond acceptors (Lipinski definition) is 2. The van der Waals surface area contributed by atoms with Gasteiger partial charge in [-0.05, 0) is 31.0 Å². The third-order valence-electron chi connectivity index (χ3n) is 3.12. The molecule has 2 heteroatoms. The van der Waals surface area contributed by atoms with E-state index in [1.165, 1.54) is 24.1 Å². The van der Waals surface area contributed by atoms with Crippen LogP contribution in [-0.2, 0) is 0 Å². The fourth-order valence-electron chi connectivity index (χ4n) is 2.26. The van der Waals surface area contributed by atoms with Gasteiger partial charge >= 0.3 is 0 Å². The molecular formula is C13H20N2. The monoisotopic (exact) mass is 204 g/mol. The Balaban J connectivity index is 2.20. The van der Waals surface area contributed by atoms with E-state index in [9.17, 15) is 0 Å². The van der Waals surface area contributed by atoms with Gasteiger partial charge in [0.2, 0.25) is 0 Å². The molecule has 1 atom stereocenters. The molecule has 2 nitrogen and oxygen atoms in total. The van der Waals surface area contributed by atoms with Crippen LogP contribution in [0.3, 0.4) is 0 Å². The van der Waals surface area contributed by atoms with E-state index in [4.69, 9.17) is 0 Å². The van der Waals surface area contributed by atoms with Crippen LogP contribution in [0.15, 0.2) is 24.3 Å². The number of para-hydroxylation sites is 1. The van der Waals surface area contributed by atoms with Crippen LogP contribution < -0.4 is 10.2 Å². The van der Waals surface area contributed by atoms with Crippen LogP contribution in [0.5, 0.6) is 0 Å². The van der Waals surface area contributed by atoms with Crippen molar-refractivity contribution >= 4 is 5.69 Å². The molecule has 0 amide bonds. The molecule has 0 spiro atoms. The first-order valence-corrected chi connectivity index (χ1v) is 5.86. The Morgan fingerprint density at radius 2 is 2.20 bits per heavy atom.